The number of hydrogen-bond donors (Lipinski definition) is 1. The molecule has 2 nitrogen and oxygen atoms in total. The lowest BCUT2D eigenvalue weighted by Gasteiger charge is -2.35. The van der Waals surface area contributed by atoms with Crippen molar-refractivity contribution in [1.82, 2.24) is 0 Å². The van der Waals surface area contributed by atoms with Crippen molar-refractivity contribution in [1.29, 1.82) is 0 Å². The summed E-state index contributed by atoms with van der Waals surface area (Å²) < 4.78 is 33.6. The van der Waals surface area contributed by atoms with Crippen LogP contribution in [0.4, 0.5) is 8.78 Å². The van der Waals surface area contributed by atoms with Crippen molar-refractivity contribution < 1.29 is 13.5 Å². The number of nitrogens with two attached hydrogens (primary N) is 1. The molecular weight excluding hydrogens is 304 g/mol. The Kier molecular flexibility index (Phi) is 5.25. The van der Waals surface area contributed by atoms with E-state index < -0.39 is 23.3 Å². The summed E-state index contributed by atoms with van der Waals surface area (Å²) in [5.41, 5.74) is 5.08. The molecule has 0 spiro atoms. The third-order valence-corrected chi connectivity index (χ3v) is 3.84. The van der Waals surface area contributed by atoms with E-state index in [4.69, 9.17) is 10.5 Å². The largest absolute Gasteiger partial charge is 0.374 e. The minimum atomic E-state index is -0.861. The van der Waals surface area contributed by atoms with E-state index in [9.17, 15) is 8.78 Å². The van der Waals surface area contributed by atoms with Crippen LogP contribution in [0, 0.1) is 11.6 Å². The summed E-state index contributed by atoms with van der Waals surface area (Å²) in [6.45, 7) is 5.91. The van der Waals surface area contributed by atoms with Gasteiger partial charge in [-0.2, -0.15) is 0 Å². The van der Waals surface area contributed by atoms with Crippen LogP contribution in [0.5, 0.6) is 0 Å². The first-order valence-corrected chi connectivity index (χ1v) is 6.69. The molecule has 0 aliphatic heterocycles. The van der Waals surface area contributed by atoms with Crippen molar-refractivity contribution in [3.8, 4) is 0 Å². The fourth-order valence-corrected chi connectivity index (χ4v) is 2.22. The number of halogens is 3. The lowest BCUT2D eigenvalue weighted by molar-refractivity contribution is -0.0486. The van der Waals surface area contributed by atoms with Gasteiger partial charge in [-0.1, -0.05) is 6.92 Å². The molecule has 2 unspecified atom stereocenters. The maximum absolute atomic E-state index is 14.0. The summed E-state index contributed by atoms with van der Waals surface area (Å²) >= 11 is 3.04. The molecule has 0 aliphatic rings. The third kappa shape index (κ3) is 2.90. The summed E-state index contributed by atoms with van der Waals surface area (Å²) in [7, 11) is 0. The van der Waals surface area contributed by atoms with Gasteiger partial charge in [-0.25, -0.2) is 8.78 Å². The van der Waals surface area contributed by atoms with Gasteiger partial charge in [0.25, 0.3) is 0 Å². The number of ether oxygens (including phenoxy) is 1. The smallest absolute Gasteiger partial charge is 0.145 e. The maximum atomic E-state index is 14.0. The van der Waals surface area contributed by atoms with Gasteiger partial charge in [-0.3, -0.25) is 0 Å². The van der Waals surface area contributed by atoms with Gasteiger partial charge in [0, 0.05) is 12.2 Å². The van der Waals surface area contributed by atoms with Crippen molar-refractivity contribution in [3.05, 3.63) is 33.8 Å². The number of hydrogen-bond acceptors (Lipinski definition) is 2. The average molecular weight is 322 g/mol. The highest BCUT2D eigenvalue weighted by molar-refractivity contribution is 9.10. The van der Waals surface area contributed by atoms with E-state index in [-0.39, 0.29) is 10.0 Å². The van der Waals surface area contributed by atoms with Gasteiger partial charge < -0.3 is 10.5 Å². The minimum Gasteiger partial charge on any atom is -0.374 e. The van der Waals surface area contributed by atoms with Crippen LogP contribution in [0.1, 0.15) is 38.8 Å². The topological polar surface area (TPSA) is 35.2 Å². The van der Waals surface area contributed by atoms with Crippen molar-refractivity contribution in [2.45, 2.75) is 38.8 Å². The van der Waals surface area contributed by atoms with E-state index >= 15 is 0 Å². The highest BCUT2D eigenvalue weighted by Crippen LogP contribution is 2.35. The van der Waals surface area contributed by atoms with Crippen LogP contribution in [0.25, 0.3) is 0 Å². The Morgan fingerprint density at radius 1 is 1.39 bits per heavy atom. The van der Waals surface area contributed by atoms with E-state index in [1.165, 1.54) is 12.1 Å². The van der Waals surface area contributed by atoms with Gasteiger partial charge in [0.2, 0.25) is 0 Å². The first-order valence-electron chi connectivity index (χ1n) is 5.90. The van der Waals surface area contributed by atoms with Crippen LogP contribution in [0.15, 0.2) is 16.6 Å². The zero-order valence-electron chi connectivity index (χ0n) is 10.8. The molecule has 0 bridgehead atoms. The van der Waals surface area contributed by atoms with Crippen LogP contribution < -0.4 is 5.73 Å². The van der Waals surface area contributed by atoms with Crippen LogP contribution in [-0.2, 0) is 4.74 Å². The predicted molar refractivity (Wildman–Crippen MR) is 71.3 cm³/mol. The lowest BCUT2D eigenvalue weighted by Crippen LogP contribution is -2.41. The number of rotatable bonds is 5. The number of benzene rings is 1. The van der Waals surface area contributed by atoms with Gasteiger partial charge in [0.05, 0.1) is 16.1 Å². The molecule has 1 aromatic rings. The monoisotopic (exact) mass is 321 g/mol. The quantitative estimate of drug-likeness (QED) is 0.834. The average Bonchev–Trinajstić information content (AvgIpc) is 2.34. The van der Waals surface area contributed by atoms with E-state index in [2.05, 4.69) is 15.9 Å². The molecule has 18 heavy (non-hydrogen) atoms. The molecule has 0 aliphatic carbocycles. The molecule has 102 valence electrons. The maximum Gasteiger partial charge on any atom is 0.145 e. The molecule has 0 saturated heterocycles. The summed E-state index contributed by atoms with van der Waals surface area (Å²) in [5, 5.41) is 0. The Labute approximate surface area is 115 Å². The highest BCUT2D eigenvalue weighted by Gasteiger charge is 2.35. The molecule has 0 radical (unpaired) electrons. The van der Waals surface area contributed by atoms with Gasteiger partial charge in [0.15, 0.2) is 0 Å². The Balaban J connectivity index is 3.25. The molecule has 1 aromatic carbocycles. The highest BCUT2D eigenvalue weighted by atomic mass is 79.9. The SMILES string of the molecule is CCOC(C)(CC)C(N)c1c(F)ccc(Br)c1F. The van der Waals surface area contributed by atoms with Crippen LogP contribution in [-0.4, -0.2) is 12.2 Å². The first kappa shape index (κ1) is 15.5. The molecule has 0 aromatic heterocycles. The predicted octanol–water partition coefficient (Wildman–Crippen LogP) is 3.93. The normalized spacial score (nSPS) is 16.4. The first-order chi connectivity index (χ1) is 8.37. The van der Waals surface area contributed by atoms with Gasteiger partial charge >= 0.3 is 0 Å². The summed E-state index contributed by atoms with van der Waals surface area (Å²) in [5.74, 6) is -1.32. The van der Waals surface area contributed by atoms with Crippen LogP contribution in [0.2, 0.25) is 0 Å². The Morgan fingerprint density at radius 2 is 2.00 bits per heavy atom. The molecule has 0 heterocycles. The molecule has 0 fully saturated rings. The second kappa shape index (κ2) is 6.08. The molecule has 0 amide bonds. The summed E-state index contributed by atoms with van der Waals surface area (Å²) in [4.78, 5) is 0. The molecule has 0 saturated carbocycles. The van der Waals surface area contributed by atoms with Gasteiger partial charge in [-0.15, -0.1) is 0 Å². The minimum absolute atomic E-state index is 0.137. The van der Waals surface area contributed by atoms with Crippen molar-refractivity contribution >= 4 is 15.9 Å². The summed E-state index contributed by atoms with van der Waals surface area (Å²) in [6, 6.07) is 1.66. The molecule has 1 rings (SSSR count). The zero-order chi connectivity index (χ0) is 13.9. The Bertz CT molecular complexity index is 428. The van der Waals surface area contributed by atoms with E-state index in [0.29, 0.717) is 13.0 Å². The zero-order valence-corrected chi connectivity index (χ0v) is 12.4. The lowest BCUT2D eigenvalue weighted by atomic mass is 9.87. The van der Waals surface area contributed by atoms with Gasteiger partial charge in [0.1, 0.15) is 11.6 Å². The van der Waals surface area contributed by atoms with E-state index in [1.807, 2.05) is 13.8 Å². The van der Waals surface area contributed by atoms with Crippen LogP contribution in [0.3, 0.4) is 0 Å². The second-order valence-corrected chi connectivity index (χ2v) is 5.19. The van der Waals surface area contributed by atoms with Crippen LogP contribution >= 0.6 is 15.9 Å². The second-order valence-electron chi connectivity index (χ2n) is 4.33. The Hall–Kier alpha value is -0.520. The molecule has 5 heteroatoms. The van der Waals surface area contributed by atoms with Gasteiger partial charge in [-0.05, 0) is 48.3 Å². The molecule has 2 N–H and O–H groups in total. The van der Waals surface area contributed by atoms with Crippen molar-refractivity contribution in [2.24, 2.45) is 5.73 Å². The van der Waals surface area contributed by atoms with E-state index in [1.54, 1.807) is 6.92 Å². The van der Waals surface area contributed by atoms with Crippen molar-refractivity contribution in [2.75, 3.05) is 6.61 Å². The third-order valence-electron chi connectivity index (χ3n) is 3.22. The molecule has 2 atom stereocenters. The van der Waals surface area contributed by atoms with Crippen molar-refractivity contribution in [3.63, 3.8) is 0 Å². The molecular formula is C13H18BrF2NO. The fourth-order valence-electron chi connectivity index (χ4n) is 1.87. The Morgan fingerprint density at radius 3 is 2.50 bits per heavy atom. The standard InChI is InChI=1S/C13H18BrF2NO/c1-4-13(3,18-5-2)12(17)10-9(15)7-6-8(14)11(10)16/h6-7,12H,4-5,17H2,1-3H3. The van der Waals surface area contributed by atoms with E-state index in [0.717, 1.165) is 0 Å². The summed E-state index contributed by atoms with van der Waals surface area (Å²) in [6.07, 6.45) is 0.563. The fraction of sp³-hybridized carbons (Fsp3) is 0.538.